The fourth-order valence-electron chi connectivity index (χ4n) is 2.84. The average Bonchev–Trinajstić information content (AvgIpc) is 2.73. The van der Waals surface area contributed by atoms with Gasteiger partial charge in [-0.15, -0.1) is 0 Å². The van der Waals surface area contributed by atoms with Crippen LogP contribution in [-0.2, 0) is 14.8 Å². The molecule has 1 aliphatic heterocycles. The fraction of sp³-hybridized carbons (Fsp3) is 0.300. The zero-order chi connectivity index (χ0) is 19.3. The van der Waals surface area contributed by atoms with Crippen LogP contribution in [0.4, 0.5) is 0 Å². The number of hydrogen-bond acceptors (Lipinski definition) is 5. The number of hydrogen-bond donors (Lipinski definition) is 0. The van der Waals surface area contributed by atoms with E-state index in [1.165, 1.54) is 4.31 Å². The molecule has 0 amide bonds. The fourth-order valence-corrected chi connectivity index (χ4v) is 4.24. The normalized spacial score (nSPS) is 15.8. The van der Waals surface area contributed by atoms with Crippen molar-refractivity contribution >= 4 is 22.2 Å². The van der Waals surface area contributed by atoms with Gasteiger partial charge in [0.2, 0.25) is 10.0 Å². The number of benzene rings is 2. The molecule has 0 aliphatic carbocycles. The Hall–Kier alpha value is -2.35. The van der Waals surface area contributed by atoms with Gasteiger partial charge in [-0.1, -0.05) is 30.4 Å². The third-order valence-corrected chi connectivity index (χ3v) is 6.28. The van der Waals surface area contributed by atoms with Crippen LogP contribution in [0.15, 0.2) is 47.4 Å². The van der Waals surface area contributed by atoms with E-state index in [0.29, 0.717) is 42.7 Å². The molecule has 0 N–H and O–H groups in total. The smallest absolute Gasteiger partial charge is 0.243 e. The highest BCUT2D eigenvalue weighted by atomic mass is 32.2. The van der Waals surface area contributed by atoms with Gasteiger partial charge >= 0.3 is 0 Å². The number of rotatable bonds is 6. The summed E-state index contributed by atoms with van der Waals surface area (Å²) in [5, 5.41) is 0. The highest BCUT2D eigenvalue weighted by Gasteiger charge is 2.25. The SMILES string of the molecule is COc1ccc(/C=C/c2ccc(S(=O)(=O)N3CCOCC3)cc2)cc1OC. The maximum absolute atomic E-state index is 12.6. The Kier molecular flexibility index (Phi) is 6.15. The lowest BCUT2D eigenvalue weighted by atomic mass is 10.1. The lowest BCUT2D eigenvalue weighted by Crippen LogP contribution is -2.40. The zero-order valence-electron chi connectivity index (χ0n) is 15.4. The number of methoxy groups -OCH3 is 2. The molecule has 0 unspecified atom stereocenters. The van der Waals surface area contributed by atoms with Gasteiger partial charge in [-0.05, 0) is 35.4 Å². The quantitative estimate of drug-likeness (QED) is 0.711. The van der Waals surface area contributed by atoms with E-state index in [2.05, 4.69) is 0 Å². The molecule has 0 atom stereocenters. The van der Waals surface area contributed by atoms with Gasteiger partial charge in [-0.25, -0.2) is 8.42 Å². The Labute approximate surface area is 160 Å². The van der Waals surface area contributed by atoms with E-state index in [-0.39, 0.29) is 0 Å². The number of sulfonamides is 1. The molecule has 0 radical (unpaired) electrons. The van der Waals surface area contributed by atoms with Crippen LogP contribution in [0.5, 0.6) is 11.5 Å². The lowest BCUT2D eigenvalue weighted by Gasteiger charge is -2.26. The molecule has 2 aromatic rings. The van der Waals surface area contributed by atoms with Crippen molar-refractivity contribution in [3.63, 3.8) is 0 Å². The third-order valence-electron chi connectivity index (χ3n) is 4.36. The van der Waals surface area contributed by atoms with Gasteiger partial charge in [0.25, 0.3) is 0 Å². The Morgan fingerprint density at radius 2 is 1.48 bits per heavy atom. The monoisotopic (exact) mass is 389 g/mol. The van der Waals surface area contributed by atoms with Crippen LogP contribution >= 0.6 is 0 Å². The zero-order valence-corrected chi connectivity index (χ0v) is 16.2. The van der Waals surface area contributed by atoms with Crippen molar-refractivity contribution in [2.45, 2.75) is 4.90 Å². The minimum Gasteiger partial charge on any atom is -0.493 e. The van der Waals surface area contributed by atoms with Crippen molar-refractivity contribution in [1.82, 2.24) is 4.31 Å². The van der Waals surface area contributed by atoms with E-state index in [4.69, 9.17) is 14.2 Å². The summed E-state index contributed by atoms with van der Waals surface area (Å²) < 4.78 is 42.5. The molecule has 7 heteroatoms. The maximum atomic E-state index is 12.6. The topological polar surface area (TPSA) is 65.1 Å². The Balaban J connectivity index is 1.75. The molecule has 0 spiro atoms. The molecule has 0 saturated carbocycles. The van der Waals surface area contributed by atoms with Crippen LogP contribution in [0.3, 0.4) is 0 Å². The first kappa shape index (κ1) is 19.4. The molecule has 1 fully saturated rings. The van der Waals surface area contributed by atoms with E-state index in [0.717, 1.165) is 11.1 Å². The summed E-state index contributed by atoms with van der Waals surface area (Å²) >= 11 is 0. The Bertz CT molecular complexity index is 900. The molecule has 0 bridgehead atoms. The molecule has 1 aliphatic rings. The van der Waals surface area contributed by atoms with Crippen molar-refractivity contribution in [3.05, 3.63) is 53.6 Å². The van der Waals surface area contributed by atoms with Gasteiger partial charge < -0.3 is 14.2 Å². The van der Waals surface area contributed by atoms with Gasteiger partial charge in [0.05, 0.1) is 32.3 Å². The summed E-state index contributed by atoms with van der Waals surface area (Å²) in [5.74, 6) is 1.33. The standard InChI is InChI=1S/C20H23NO5S/c1-24-19-10-7-17(15-20(19)25-2)4-3-16-5-8-18(9-6-16)27(22,23)21-11-13-26-14-12-21/h3-10,15H,11-14H2,1-2H3/b4-3+. The number of nitrogens with zero attached hydrogens (tertiary/aromatic N) is 1. The number of morpholine rings is 1. The first-order valence-corrected chi connectivity index (χ1v) is 10.1. The van der Waals surface area contributed by atoms with Gasteiger partial charge in [0, 0.05) is 13.1 Å². The minimum absolute atomic E-state index is 0.299. The third kappa shape index (κ3) is 4.50. The second-order valence-corrected chi connectivity index (χ2v) is 7.97. The van der Waals surface area contributed by atoms with Gasteiger partial charge in [-0.3, -0.25) is 0 Å². The van der Waals surface area contributed by atoms with Gasteiger partial charge in [-0.2, -0.15) is 4.31 Å². The highest BCUT2D eigenvalue weighted by Crippen LogP contribution is 2.28. The summed E-state index contributed by atoms with van der Waals surface area (Å²) in [6.07, 6.45) is 3.86. The van der Waals surface area contributed by atoms with Crippen LogP contribution < -0.4 is 9.47 Å². The Morgan fingerprint density at radius 1 is 0.889 bits per heavy atom. The lowest BCUT2D eigenvalue weighted by molar-refractivity contribution is 0.0730. The Morgan fingerprint density at radius 3 is 2.11 bits per heavy atom. The second-order valence-electron chi connectivity index (χ2n) is 6.03. The van der Waals surface area contributed by atoms with Crippen LogP contribution in [0, 0.1) is 0 Å². The number of ether oxygens (including phenoxy) is 3. The molecular weight excluding hydrogens is 366 g/mol. The van der Waals surface area contributed by atoms with E-state index >= 15 is 0 Å². The summed E-state index contributed by atoms with van der Waals surface area (Å²) in [5.41, 5.74) is 1.86. The molecule has 2 aromatic carbocycles. The first-order valence-electron chi connectivity index (χ1n) is 8.62. The molecule has 0 aromatic heterocycles. The summed E-state index contributed by atoms with van der Waals surface area (Å²) in [4.78, 5) is 0.299. The van der Waals surface area contributed by atoms with Crippen molar-refractivity contribution < 1.29 is 22.6 Å². The molecule has 27 heavy (non-hydrogen) atoms. The maximum Gasteiger partial charge on any atom is 0.243 e. The van der Waals surface area contributed by atoms with Crippen molar-refractivity contribution in [3.8, 4) is 11.5 Å². The van der Waals surface area contributed by atoms with Gasteiger partial charge in [0.15, 0.2) is 11.5 Å². The van der Waals surface area contributed by atoms with Crippen LogP contribution in [0.1, 0.15) is 11.1 Å². The molecule has 6 nitrogen and oxygen atoms in total. The molecule has 1 heterocycles. The minimum atomic E-state index is -3.46. The first-order chi connectivity index (χ1) is 13.0. The van der Waals surface area contributed by atoms with E-state index in [9.17, 15) is 8.42 Å². The van der Waals surface area contributed by atoms with E-state index in [1.807, 2.05) is 30.4 Å². The summed E-state index contributed by atoms with van der Waals surface area (Å²) in [6, 6.07) is 12.5. The summed E-state index contributed by atoms with van der Waals surface area (Å²) in [6.45, 7) is 1.66. The largest absolute Gasteiger partial charge is 0.493 e. The van der Waals surface area contributed by atoms with E-state index in [1.54, 1.807) is 38.5 Å². The average molecular weight is 389 g/mol. The second kappa shape index (κ2) is 8.56. The molecule has 3 rings (SSSR count). The van der Waals surface area contributed by atoms with Crippen LogP contribution in [0.25, 0.3) is 12.2 Å². The van der Waals surface area contributed by atoms with Crippen molar-refractivity contribution in [1.29, 1.82) is 0 Å². The predicted octanol–water partition coefficient (Wildman–Crippen LogP) is 2.90. The molecule has 1 saturated heterocycles. The predicted molar refractivity (Wildman–Crippen MR) is 104 cm³/mol. The van der Waals surface area contributed by atoms with Gasteiger partial charge in [0.1, 0.15) is 0 Å². The molecule has 144 valence electrons. The summed E-state index contributed by atoms with van der Waals surface area (Å²) in [7, 11) is -0.270. The van der Waals surface area contributed by atoms with Crippen LogP contribution in [0.2, 0.25) is 0 Å². The van der Waals surface area contributed by atoms with Crippen LogP contribution in [-0.4, -0.2) is 53.2 Å². The molecular formula is C20H23NO5S. The highest BCUT2D eigenvalue weighted by molar-refractivity contribution is 7.89. The van der Waals surface area contributed by atoms with E-state index < -0.39 is 10.0 Å². The van der Waals surface area contributed by atoms with Crippen molar-refractivity contribution in [2.75, 3.05) is 40.5 Å². The van der Waals surface area contributed by atoms with Crippen molar-refractivity contribution in [2.24, 2.45) is 0 Å².